The minimum absolute atomic E-state index is 0.250. The molecule has 1 saturated heterocycles. The summed E-state index contributed by atoms with van der Waals surface area (Å²) in [6, 6.07) is 13.3. The predicted octanol–water partition coefficient (Wildman–Crippen LogP) is 3.47. The highest BCUT2D eigenvalue weighted by atomic mass is 16.2. The Labute approximate surface area is 172 Å². The number of rotatable bonds is 3. The van der Waals surface area contributed by atoms with Crippen LogP contribution in [0.4, 0.5) is 5.69 Å². The summed E-state index contributed by atoms with van der Waals surface area (Å²) >= 11 is 0. The Kier molecular flexibility index (Phi) is 5.24. The smallest absolute Gasteiger partial charge is 0.267 e. The van der Waals surface area contributed by atoms with Gasteiger partial charge in [0.05, 0.1) is 11.3 Å². The third kappa shape index (κ3) is 3.58. The average Bonchev–Trinajstić information content (AvgIpc) is 2.74. The van der Waals surface area contributed by atoms with Crippen molar-refractivity contribution in [1.82, 2.24) is 9.80 Å². The summed E-state index contributed by atoms with van der Waals surface area (Å²) in [4.78, 5) is 32.8. The van der Waals surface area contributed by atoms with Crippen LogP contribution in [0.1, 0.15) is 34.0 Å². The van der Waals surface area contributed by atoms with E-state index in [2.05, 4.69) is 16.7 Å². The van der Waals surface area contributed by atoms with Crippen molar-refractivity contribution in [2.24, 2.45) is 0 Å². The molecule has 0 aromatic heterocycles. The molecule has 2 heterocycles. The van der Waals surface area contributed by atoms with E-state index in [1.54, 1.807) is 0 Å². The largest absolute Gasteiger partial charge is 0.374 e. The molecule has 0 atom stereocenters. The molecular formula is C24H27N3O2. The summed E-state index contributed by atoms with van der Waals surface area (Å²) in [6.45, 7) is 10.8. The first-order chi connectivity index (χ1) is 14.0. The van der Waals surface area contributed by atoms with Crippen LogP contribution in [0.5, 0.6) is 0 Å². The van der Waals surface area contributed by atoms with Crippen molar-refractivity contribution in [1.29, 1.82) is 0 Å². The van der Waals surface area contributed by atoms with Crippen molar-refractivity contribution in [3.63, 3.8) is 0 Å². The van der Waals surface area contributed by atoms with Gasteiger partial charge in [0.1, 0.15) is 0 Å². The standard InChI is InChI=1S/C24H27N3O2/c1-4-25-11-13-26(14-12-25)16-21-19-7-5-6-8-20(19)23(28)27(24(21)29)22-15-17(2)9-10-18(22)3/h5-10,15-16H,4,11-14H2,1-3H3. The summed E-state index contributed by atoms with van der Waals surface area (Å²) in [5.74, 6) is -0.507. The Morgan fingerprint density at radius 3 is 2.28 bits per heavy atom. The molecule has 4 rings (SSSR count). The molecule has 2 aliphatic rings. The lowest BCUT2D eigenvalue weighted by Gasteiger charge is -2.35. The lowest BCUT2D eigenvalue weighted by molar-refractivity contribution is -0.112. The zero-order valence-corrected chi connectivity index (χ0v) is 17.3. The van der Waals surface area contributed by atoms with Crippen molar-refractivity contribution in [2.45, 2.75) is 20.8 Å². The second-order valence-electron chi connectivity index (χ2n) is 7.79. The van der Waals surface area contributed by atoms with Gasteiger partial charge in [-0.25, -0.2) is 4.90 Å². The summed E-state index contributed by atoms with van der Waals surface area (Å²) in [5, 5.41) is 0. The number of hydrogen-bond acceptors (Lipinski definition) is 4. The van der Waals surface area contributed by atoms with Gasteiger partial charge in [0, 0.05) is 43.5 Å². The highest BCUT2D eigenvalue weighted by Crippen LogP contribution is 2.34. The maximum Gasteiger partial charge on any atom is 0.267 e. The highest BCUT2D eigenvalue weighted by Gasteiger charge is 2.37. The maximum atomic E-state index is 13.6. The molecule has 0 unspecified atom stereocenters. The number of imide groups is 1. The van der Waals surface area contributed by atoms with E-state index in [1.165, 1.54) is 4.90 Å². The number of fused-ring (bicyclic) bond motifs is 1. The summed E-state index contributed by atoms with van der Waals surface area (Å²) in [6.07, 6.45) is 1.96. The summed E-state index contributed by atoms with van der Waals surface area (Å²) in [5.41, 5.74) is 4.48. The second-order valence-corrected chi connectivity index (χ2v) is 7.79. The fourth-order valence-electron chi connectivity index (χ4n) is 4.05. The molecule has 29 heavy (non-hydrogen) atoms. The van der Waals surface area contributed by atoms with Gasteiger partial charge in [-0.1, -0.05) is 37.3 Å². The topological polar surface area (TPSA) is 43.9 Å². The Bertz CT molecular complexity index is 987. The lowest BCUT2D eigenvalue weighted by Crippen LogP contribution is -2.45. The molecule has 0 radical (unpaired) electrons. The van der Waals surface area contributed by atoms with E-state index in [0.717, 1.165) is 49.4 Å². The molecular weight excluding hydrogens is 362 g/mol. The number of anilines is 1. The Balaban J connectivity index is 1.78. The van der Waals surface area contributed by atoms with Crippen molar-refractivity contribution in [3.05, 3.63) is 70.9 Å². The lowest BCUT2D eigenvalue weighted by atomic mass is 9.93. The monoisotopic (exact) mass is 389 g/mol. The number of aryl methyl sites for hydroxylation is 2. The van der Waals surface area contributed by atoms with Gasteiger partial charge in [-0.15, -0.1) is 0 Å². The third-order valence-corrected chi connectivity index (χ3v) is 5.86. The van der Waals surface area contributed by atoms with E-state index < -0.39 is 0 Å². The first-order valence-electron chi connectivity index (χ1n) is 10.2. The van der Waals surface area contributed by atoms with Crippen LogP contribution in [0.2, 0.25) is 0 Å². The predicted molar refractivity (Wildman–Crippen MR) is 116 cm³/mol. The first kappa shape index (κ1) is 19.4. The van der Waals surface area contributed by atoms with Gasteiger partial charge in [-0.2, -0.15) is 0 Å². The van der Waals surface area contributed by atoms with Crippen LogP contribution >= 0.6 is 0 Å². The average molecular weight is 389 g/mol. The zero-order valence-electron chi connectivity index (χ0n) is 17.3. The van der Waals surface area contributed by atoms with Crippen LogP contribution in [-0.4, -0.2) is 54.3 Å². The number of benzene rings is 2. The van der Waals surface area contributed by atoms with Gasteiger partial charge in [0.2, 0.25) is 0 Å². The molecule has 2 amide bonds. The Hall–Kier alpha value is -2.92. The number of piperazine rings is 1. The second kappa shape index (κ2) is 7.84. The van der Waals surface area contributed by atoms with Gasteiger partial charge in [0.15, 0.2) is 0 Å². The Morgan fingerprint density at radius 1 is 0.897 bits per heavy atom. The number of nitrogens with zero attached hydrogens (tertiary/aromatic N) is 3. The molecule has 2 aliphatic heterocycles. The van der Waals surface area contributed by atoms with E-state index in [1.807, 2.05) is 62.5 Å². The zero-order chi connectivity index (χ0) is 20.5. The fourth-order valence-corrected chi connectivity index (χ4v) is 4.05. The quantitative estimate of drug-likeness (QED) is 0.596. The van der Waals surface area contributed by atoms with Crippen LogP contribution in [0.3, 0.4) is 0 Å². The highest BCUT2D eigenvalue weighted by molar-refractivity contribution is 6.41. The summed E-state index contributed by atoms with van der Waals surface area (Å²) in [7, 11) is 0. The molecule has 0 N–H and O–H groups in total. The number of likely N-dealkylation sites (N-methyl/N-ethyl adjacent to an activating group) is 1. The van der Waals surface area contributed by atoms with Gasteiger partial charge in [-0.05, 0) is 43.7 Å². The molecule has 2 aromatic rings. The van der Waals surface area contributed by atoms with E-state index in [4.69, 9.17) is 0 Å². The molecule has 150 valence electrons. The number of carbonyl (C=O) groups excluding carboxylic acids is 2. The molecule has 2 aromatic carbocycles. The van der Waals surface area contributed by atoms with E-state index in [0.29, 0.717) is 16.8 Å². The first-order valence-corrected chi connectivity index (χ1v) is 10.2. The van der Waals surface area contributed by atoms with Gasteiger partial charge < -0.3 is 9.80 Å². The normalized spacial score (nSPS) is 19.1. The van der Waals surface area contributed by atoms with E-state index >= 15 is 0 Å². The maximum absolute atomic E-state index is 13.6. The molecule has 0 bridgehead atoms. The third-order valence-electron chi connectivity index (χ3n) is 5.86. The van der Waals surface area contributed by atoms with Crippen LogP contribution in [0.15, 0.2) is 48.7 Å². The Morgan fingerprint density at radius 2 is 1.59 bits per heavy atom. The van der Waals surface area contributed by atoms with Crippen molar-refractivity contribution in [3.8, 4) is 0 Å². The fraction of sp³-hybridized carbons (Fsp3) is 0.333. The van der Waals surface area contributed by atoms with Gasteiger partial charge >= 0.3 is 0 Å². The minimum Gasteiger partial charge on any atom is -0.374 e. The van der Waals surface area contributed by atoms with Crippen LogP contribution < -0.4 is 4.90 Å². The molecule has 0 aliphatic carbocycles. The van der Waals surface area contributed by atoms with E-state index in [-0.39, 0.29) is 11.8 Å². The van der Waals surface area contributed by atoms with Crippen molar-refractivity contribution >= 4 is 23.1 Å². The van der Waals surface area contributed by atoms with Crippen LogP contribution in [-0.2, 0) is 4.79 Å². The molecule has 5 heteroatoms. The SMILES string of the molecule is CCN1CCN(C=C2C(=O)N(c3cc(C)ccc3C)C(=O)c3ccccc32)CC1. The molecule has 5 nitrogen and oxygen atoms in total. The molecule has 0 spiro atoms. The number of hydrogen-bond donors (Lipinski definition) is 0. The van der Waals surface area contributed by atoms with Gasteiger partial charge in [-0.3, -0.25) is 9.59 Å². The van der Waals surface area contributed by atoms with Crippen LogP contribution in [0, 0.1) is 13.8 Å². The summed E-state index contributed by atoms with van der Waals surface area (Å²) < 4.78 is 0. The number of carbonyl (C=O) groups is 2. The minimum atomic E-state index is -0.257. The van der Waals surface area contributed by atoms with Gasteiger partial charge in [0.25, 0.3) is 11.8 Å². The molecule has 1 fully saturated rings. The van der Waals surface area contributed by atoms with E-state index in [9.17, 15) is 9.59 Å². The van der Waals surface area contributed by atoms with Crippen molar-refractivity contribution < 1.29 is 9.59 Å². The molecule has 0 saturated carbocycles. The van der Waals surface area contributed by atoms with Crippen molar-refractivity contribution in [2.75, 3.05) is 37.6 Å². The van der Waals surface area contributed by atoms with Crippen LogP contribution in [0.25, 0.3) is 5.57 Å². The number of amides is 2.